The minimum Gasteiger partial charge on any atom is -0.497 e. The molecule has 0 aliphatic carbocycles. The molecule has 3 amide bonds. The summed E-state index contributed by atoms with van der Waals surface area (Å²) in [5, 5.41) is 12.6. The predicted octanol–water partition coefficient (Wildman–Crippen LogP) is 9.73. The van der Waals surface area contributed by atoms with Crippen molar-refractivity contribution in [3.05, 3.63) is 179 Å². The number of carbonyl (C=O) groups excluding carboxylic acids is 3. The predicted molar refractivity (Wildman–Crippen MR) is 288 cm³/mol. The molecule has 19 heteroatoms. The van der Waals surface area contributed by atoms with Gasteiger partial charge in [-0.2, -0.15) is 5.26 Å². The summed E-state index contributed by atoms with van der Waals surface area (Å²) in [5.74, 6) is 0.369. The highest BCUT2D eigenvalue weighted by atomic mass is 31.2. The van der Waals surface area contributed by atoms with Crippen molar-refractivity contribution in [3.8, 4) is 17.6 Å². The van der Waals surface area contributed by atoms with E-state index >= 15 is 0 Å². The summed E-state index contributed by atoms with van der Waals surface area (Å²) in [5.41, 5.74) is 2.87. The molecule has 7 aromatic rings. The van der Waals surface area contributed by atoms with Gasteiger partial charge in [0.25, 0.3) is 26.2 Å². The van der Waals surface area contributed by atoms with Crippen LogP contribution in [0, 0.1) is 11.3 Å². The molecular formula is C58H61N8O10P. The maximum absolute atomic E-state index is 13.5. The number of methoxy groups -OCH3 is 2. The fraction of sp³-hybridized carbons (Fsp3) is 0.328. The fourth-order valence-corrected chi connectivity index (χ4v) is 11.6. The molecule has 1 fully saturated rings. The number of imidazole rings is 1. The van der Waals surface area contributed by atoms with Gasteiger partial charge in [-0.05, 0) is 99.3 Å². The second kappa shape index (κ2) is 24.7. The molecule has 9 rings (SSSR count). The second-order valence-corrected chi connectivity index (χ2v) is 20.3. The van der Waals surface area contributed by atoms with Gasteiger partial charge in [0.1, 0.15) is 41.7 Å². The monoisotopic (exact) mass is 1060 g/mol. The first-order chi connectivity index (χ1) is 37.5. The van der Waals surface area contributed by atoms with Crippen LogP contribution in [0.2, 0.25) is 0 Å². The molecule has 0 saturated carbocycles. The van der Waals surface area contributed by atoms with Crippen molar-refractivity contribution >= 4 is 43.2 Å². The number of carbonyl (C=O) groups is 3. The zero-order chi connectivity index (χ0) is 54.1. The Morgan fingerprint density at radius 3 is 1.94 bits per heavy atom. The molecule has 0 bridgehead atoms. The number of ether oxygens (including phenoxy) is 5. The highest BCUT2D eigenvalue weighted by molar-refractivity contribution is 7.44. The number of nitriles is 1. The number of amides is 3. The molecule has 4 heterocycles. The van der Waals surface area contributed by atoms with E-state index in [2.05, 4.69) is 53.7 Å². The van der Waals surface area contributed by atoms with E-state index in [-0.39, 0.29) is 80.3 Å². The molecule has 0 radical (unpaired) electrons. The Morgan fingerprint density at radius 1 is 0.766 bits per heavy atom. The molecule has 398 valence electrons. The van der Waals surface area contributed by atoms with Crippen LogP contribution < -0.4 is 14.8 Å². The first-order valence-electron chi connectivity index (χ1n) is 25.5. The molecule has 18 nitrogen and oxygen atoms in total. The molecule has 2 aliphatic rings. The summed E-state index contributed by atoms with van der Waals surface area (Å²) < 4.78 is 50.8. The van der Waals surface area contributed by atoms with Crippen LogP contribution >= 0.6 is 8.53 Å². The van der Waals surface area contributed by atoms with Gasteiger partial charge in [-0.1, -0.05) is 84.9 Å². The number of hydrogen-bond acceptors (Lipinski definition) is 15. The smallest absolute Gasteiger partial charge is 0.261 e. The van der Waals surface area contributed by atoms with Crippen molar-refractivity contribution in [1.82, 2.24) is 29.1 Å². The number of rotatable bonds is 24. The Kier molecular flexibility index (Phi) is 17.4. The summed E-state index contributed by atoms with van der Waals surface area (Å²) in [6.07, 6.45) is -0.622. The van der Waals surface area contributed by atoms with Crippen LogP contribution in [0.15, 0.2) is 146 Å². The van der Waals surface area contributed by atoms with Crippen LogP contribution in [0.3, 0.4) is 0 Å². The number of nitrogens with zero attached hydrogens (tertiary/aromatic N) is 7. The Balaban J connectivity index is 1.15. The molecule has 0 spiro atoms. The third kappa shape index (κ3) is 11.5. The summed E-state index contributed by atoms with van der Waals surface area (Å²) in [7, 11) is 1.30. The first kappa shape index (κ1) is 54.3. The van der Waals surface area contributed by atoms with Crippen molar-refractivity contribution in [1.29, 1.82) is 5.26 Å². The Labute approximate surface area is 448 Å². The normalized spacial score (nSPS) is 17.8. The van der Waals surface area contributed by atoms with Crippen LogP contribution in [0.4, 0.5) is 5.82 Å². The van der Waals surface area contributed by atoms with Gasteiger partial charge < -0.3 is 38.0 Å². The highest BCUT2D eigenvalue weighted by Crippen LogP contribution is 2.52. The standard InChI is InChI=1S/C58H61N8O10P/c1-38(2)66(39(3)4)77(74-34-15-31-59)76-50-48(35-73-58(41-19-11-8-12-20-41,42-23-27-44(70-5)28-24-42)43-25-29-45(71-6)30-26-43)75-57(51(50)72-33-16-32-64-55(68)46-21-13-14-22-47(46)56(64)69)65-37-62-49-52(60-36-61-53(49)65)63-54(67)40-17-9-7-10-18-40/h7-14,17-30,36-39,48,50-51,57H,15-16,32-35H2,1-6H3,(H,60,61,63,67)/t48-,50-,51-,57-,77?/m1/s1. The summed E-state index contributed by atoms with van der Waals surface area (Å²) >= 11 is 0. The molecule has 77 heavy (non-hydrogen) atoms. The van der Waals surface area contributed by atoms with Crippen molar-refractivity contribution in [2.24, 2.45) is 0 Å². The van der Waals surface area contributed by atoms with Crippen molar-refractivity contribution < 1.29 is 47.1 Å². The summed E-state index contributed by atoms with van der Waals surface area (Å²) in [6.45, 7) is 8.32. The van der Waals surface area contributed by atoms with Gasteiger partial charge >= 0.3 is 0 Å². The summed E-state index contributed by atoms with van der Waals surface area (Å²) in [4.78, 5) is 55.6. The Bertz CT molecular complexity index is 3090. The average molecular weight is 1060 g/mol. The van der Waals surface area contributed by atoms with Crippen molar-refractivity contribution in [2.75, 3.05) is 45.9 Å². The third-order valence-corrected chi connectivity index (χ3v) is 15.5. The van der Waals surface area contributed by atoms with Crippen molar-refractivity contribution in [3.63, 3.8) is 0 Å². The van der Waals surface area contributed by atoms with Gasteiger partial charge in [-0.15, -0.1) is 0 Å². The minimum absolute atomic E-state index is 0.0440. The zero-order valence-electron chi connectivity index (χ0n) is 43.7. The largest absolute Gasteiger partial charge is 0.497 e. The summed E-state index contributed by atoms with van der Waals surface area (Å²) in [6, 6.07) is 42.9. The van der Waals surface area contributed by atoms with Crippen LogP contribution in [0.25, 0.3) is 11.2 Å². The Morgan fingerprint density at radius 2 is 1.35 bits per heavy atom. The van der Waals surface area contributed by atoms with Gasteiger partial charge in [0.15, 0.2) is 23.2 Å². The quantitative estimate of drug-likeness (QED) is 0.0259. The van der Waals surface area contributed by atoms with E-state index in [1.807, 2.05) is 84.9 Å². The first-order valence-corrected chi connectivity index (χ1v) is 26.6. The zero-order valence-corrected chi connectivity index (χ0v) is 44.6. The molecule has 2 aliphatic heterocycles. The van der Waals surface area contributed by atoms with Crippen LogP contribution in [-0.2, 0) is 28.9 Å². The van der Waals surface area contributed by atoms with E-state index in [9.17, 15) is 19.6 Å². The molecule has 2 aromatic heterocycles. The maximum Gasteiger partial charge on any atom is 0.261 e. The number of benzene rings is 5. The van der Waals surface area contributed by atoms with Crippen LogP contribution in [0.5, 0.6) is 11.5 Å². The third-order valence-electron chi connectivity index (χ3n) is 13.4. The minimum atomic E-state index is -1.93. The van der Waals surface area contributed by atoms with E-state index in [1.54, 1.807) is 73.6 Å². The van der Waals surface area contributed by atoms with Gasteiger partial charge in [0.2, 0.25) is 0 Å². The molecule has 1 unspecified atom stereocenters. The topological polar surface area (TPSA) is 202 Å². The molecule has 1 N–H and O–H groups in total. The van der Waals surface area contributed by atoms with E-state index < -0.39 is 38.7 Å². The number of aromatic nitrogens is 4. The molecule has 5 aromatic carbocycles. The van der Waals surface area contributed by atoms with Crippen LogP contribution in [-0.4, -0.2) is 118 Å². The van der Waals surface area contributed by atoms with E-state index in [0.717, 1.165) is 16.7 Å². The number of fused-ring (bicyclic) bond motifs is 2. The fourth-order valence-electron chi connectivity index (χ4n) is 9.83. The number of nitrogens with one attached hydrogen (secondary N) is 1. The number of imide groups is 1. The highest BCUT2D eigenvalue weighted by Gasteiger charge is 2.52. The lowest BCUT2D eigenvalue weighted by molar-refractivity contribution is -0.0954. The molecule has 5 atom stereocenters. The van der Waals surface area contributed by atoms with Gasteiger partial charge in [0, 0.05) is 30.8 Å². The van der Waals surface area contributed by atoms with E-state index in [1.165, 1.54) is 11.2 Å². The van der Waals surface area contributed by atoms with E-state index in [4.69, 9.17) is 37.7 Å². The SMILES string of the molecule is COc1ccc(C(OC[C@H]2O[C@@H](n3cnc4c(NC(=O)c5ccccc5)ncnc43)[C@H](OCCCN3C(=O)c4ccccc4C3=O)[C@@H]2OP(OCCC#N)N(C(C)C)C(C)C)(c2ccccc2)c2ccc(OC)cc2)cc1. The lowest BCUT2D eigenvalue weighted by Gasteiger charge is -2.39. The van der Waals surface area contributed by atoms with Crippen LogP contribution in [0.1, 0.15) is 94.5 Å². The Hall–Kier alpha value is -7.46. The lowest BCUT2D eigenvalue weighted by atomic mass is 9.80. The second-order valence-electron chi connectivity index (χ2n) is 18.9. The van der Waals surface area contributed by atoms with E-state index in [0.29, 0.717) is 33.8 Å². The van der Waals surface area contributed by atoms with Gasteiger partial charge in [0.05, 0.1) is 57.4 Å². The van der Waals surface area contributed by atoms with Gasteiger partial charge in [-0.3, -0.25) is 23.9 Å². The van der Waals surface area contributed by atoms with Gasteiger partial charge in [-0.25, -0.2) is 19.6 Å². The van der Waals surface area contributed by atoms with Crippen molar-refractivity contribution in [2.45, 2.75) is 82.8 Å². The molecular weight excluding hydrogens is 1000 g/mol. The molecule has 1 saturated heterocycles. The average Bonchev–Trinajstić information content (AvgIpc) is 4.15. The number of anilines is 1. The lowest BCUT2D eigenvalue weighted by Crippen LogP contribution is -2.43. The number of hydrogen-bond donors (Lipinski definition) is 1. The maximum atomic E-state index is 13.5.